The Bertz CT molecular complexity index is 556. The van der Waals surface area contributed by atoms with Crippen molar-refractivity contribution in [3.8, 4) is 0 Å². The van der Waals surface area contributed by atoms with Gasteiger partial charge in [0.2, 0.25) is 11.9 Å². The summed E-state index contributed by atoms with van der Waals surface area (Å²) < 4.78 is 1.86. The smallest absolute Gasteiger partial charge is 0.243 e. The number of anilines is 1. The van der Waals surface area contributed by atoms with Crippen LogP contribution < -0.4 is 10.6 Å². The molecule has 3 unspecified atom stereocenters. The molecule has 2 aromatic heterocycles. The van der Waals surface area contributed by atoms with Gasteiger partial charge in [0.15, 0.2) is 0 Å². The van der Waals surface area contributed by atoms with Crippen LogP contribution in [0.3, 0.4) is 0 Å². The van der Waals surface area contributed by atoms with E-state index < -0.39 is 0 Å². The van der Waals surface area contributed by atoms with Crippen molar-refractivity contribution in [2.75, 3.05) is 5.32 Å². The van der Waals surface area contributed by atoms with Crippen LogP contribution in [0.15, 0.2) is 36.9 Å². The van der Waals surface area contributed by atoms with Crippen molar-refractivity contribution in [1.29, 1.82) is 0 Å². The molecule has 1 amide bonds. The van der Waals surface area contributed by atoms with E-state index >= 15 is 0 Å². The number of nitrogens with one attached hydrogen (secondary N) is 2. The van der Waals surface area contributed by atoms with Crippen molar-refractivity contribution in [3.63, 3.8) is 0 Å². The number of carbonyl (C=O) groups is 1. The molecular formula is C14H20N6O. The Labute approximate surface area is 123 Å². The summed E-state index contributed by atoms with van der Waals surface area (Å²) in [5, 5.41) is 10.1. The van der Waals surface area contributed by atoms with Crippen molar-refractivity contribution in [2.45, 2.75) is 38.9 Å². The lowest BCUT2D eigenvalue weighted by atomic mass is 10.1. The maximum absolute atomic E-state index is 12.1. The predicted octanol–water partition coefficient (Wildman–Crippen LogP) is 1.24. The number of nitrogens with zero attached hydrogens (tertiary/aromatic N) is 4. The zero-order valence-corrected chi connectivity index (χ0v) is 12.4. The zero-order chi connectivity index (χ0) is 15.2. The molecule has 0 spiro atoms. The molecule has 0 aliphatic carbocycles. The minimum atomic E-state index is -0.359. The third-order valence-corrected chi connectivity index (χ3v) is 3.37. The molecule has 7 nitrogen and oxygen atoms in total. The molecule has 21 heavy (non-hydrogen) atoms. The third kappa shape index (κ3) is 4.09. The SMILES string of the molecule is CC(NC(C)C(C)n1cccn1)C(=O)Nc1ncccn1. The first-order valence-corrected chi connectivity index (χ1v) is 6.91. The summed E-state index contributed by atoms with van der Waals surface area (Å²) in [6, 6.07) is 3.45. The van der Waals surface area contributed by atoms with E-state index in [4.69, 9.17) is 0 Å². The molecule has 0 fully saturated rings. The van der Waals surface area contributed by atoms with Gasteiger partial charge in [0, 0.05) is 30.8 Å². The van der Waals surface area contributed by atoms with E-state index in [0.29, 0.717) is 5.95 Å². The first kappa shape index (κ1) is 15.1. The van der Waals surface area contributed by atoms with Crippen LogP contribution >= 0.6 is 0 Å². The first-order chi connectivity index (χ1) is 10.1. The number of rotatable bonds is 6. The second-order valence-electron chi connectivity index (χ2n) is 4.97. The summed E-state index contributed by atoms with van der Waals surface area (Å²) >= 11 is 0. The number of amides is 1. The summed E-state index contributed by atoms with van der Waals surface area (Å²) in [6.07, 6.45) is 6.82. The first-order valence-electron chi connectivity index (χ1n) is 6.91. The molecule has 0 saturated heterocycles. The van der Waals surface area contributed by atoms with Gasteiger partial charge in [0.05, 0.1) is 12.1 Å². The van der Waals surface area contributed by atoms with Gasteiger partial charge < -0.3 is 5.32 Å². The lowest BCUT2D eigenvalue weighted by molar-refractivity contribution is -0.118. The summed E-state index contributed by atoms with van der Waals surface area (Å²) in [5.41, 5.74) is 0. The van der Waals surface area contributed by atoms with Gasteiger partial charge in [0.25, 0.3) is 0 Å². The highest BCUT2D eigenvalue weighted by Crippen LogP contribution is 2.10. The molecule has 2 N–H and O–H groups in total. The Morgan fingerprint density at radius 3 is 2.48 bits per heavy atom. The normalized spacial score (nSPS) is 15.2. The summed E-state index contributed by atoms with van der Waals surface area (Å²) in [7, 11) is 0. The highest BCUT2D eigenvalue weighted by atomic mass is 16.2. The molecule has 2 rings (SSSR count). The van der Waals surface area contributed by atoms with E-state index in [1.165, 1.54) is 0 Å². The van der Waals surface area contributed by atoms with E-state index in [1.807, 2.05) is 30.8 Å². The largest absolute Gasteiger partial charge is 0.301 e. The lowest BCUT2D eigenvalue weighted by Gasteiger charge is -2.24. The van der Waals surface area contributed by atoms with Crippen molar-refractivity contribution in [2.24, 2.45) is 0 Å². The minimum absolute atomic E-state index is 0.0855. The van der Waals surface area contributed by atoms with Crippen molar-refractivity contribution >= 4 is 11.9 Å². The Kier molecular flexibility index (Phi) is 4.99. The molecule has 2 aromatic rings. The number of aromatic nitrogens is 4. The van der Waals surface area contributed by atoms with Crippen LogP contribution in [-0.2, 0) is 4.79 Å². The van der Waals surface area contributed by atoms with Crippen LogP contribution in [0.25, 0.3) is 0 Å². The zero-order valence-electron chi connectivity index (χ0n) is 12.4. The Morgan fingerprint density at radius 2 is 1.86 bits per heavy atom. The summed E-state index contributed by atoms with van der Waals surface area (Å²) in [5.74, 6) is 0.143. The fourth-order valence-corrected chi connectivity index (χ4v) is 1.94. The van der Waals surface area contributed by atoms with Crippen LogP contribution in [0.4, 0.5) is 5.95 Å². The topological polar surface area (TPSA) is 84.7 Å². The van der Waals surface area contributed by atoms with E-state index in [1.54, 1.807) is 24.7 Å². The van der Waals surface area contributed by atoms with Gasteiger partial charge in [0.1, 0.15) is 0 Å². The molecule has 7 heteroatoms. The molecule has 0 radical (unpaired) electrons. The average Bonchev–Trinajstić information content (AvgIpc) is 3.01. The molecule has 112 valence electrons. The Morgan fingerprint density at radius 1 is 1.14 bits per heavy atom. The van der Waals surface area contributed by atoms with Crippen molar-refractivity contribution in [1.82, 2.24) is 25.1 Å². The molecular weight excluding hydrogens is 268 g/mol. The summed E-state index contributed by atoms with van der Waals surface area (Å²) in [4.78, 5) is 20.0. The van der Waals surface area contributed by atoms with Crippen molar-refractivity contribution in [3.05, 3.63) is 36.9 Å². The molecule has 0 bridgehead atoms. The van der Waals surface area contributed by atoms with Crippen LogP contribution in [0.1, 0.15) is 26.8 Å². The average molecular weight is 288 g/mol. The van der Waals surface area contributed by atoms with E-state index in [-0.39, 0.29) is 24.0 Å². The second kappa shape index (κ2) is 6.94. The van der Waals surface area contributed by atoms with Gasteiger partial charge in [-0.15, -0.1) is 0 Å². The van der Waals surface area contributed by atoms with E-state index in [0.717, 1.165) is 0 Å². The van der Waals surface area contributed by atoms with E-state index in [9.17, 15) is 4.79 Å². The van der Waals surface area contributed by atoms with Gasteiger partial charge in [-0.2, -0.15) is 5.10 Å². The van der Waals surface area contributed by atoms with Crippen LogP contribution in [-0.4, -0.2) is 37.7 Å². The fourth-order valence-electron chi connectivity index (χ4n) is 1.94. The minimum Gasteiger partial charge on any atom is -0.301 e. The van der Waals surface area contributed by atoms with Crippen LogP contribution in [0.5, 0.6) is 0 Å². The molecule has 0 aromatic carbocycles. The number of hydrogen-bond donors (Lipinski definition) is 2. The molecule has 0 aliphatic heterocycles. The van der Waals surface area contributed by atoms with Gasteiger partial charge >= 0.3 is 0 Å². The van der Waals surface area contributed by atoms with E-state index in [2.05, 4.69) is 32.6 Å². The van der Waals surface area contributed by atoms with Crippen LogP contribution in [0, 0.1) is 0 Å². The van der Waals surface area contributed by atoms with Gasteiger partial charge in [-0.05, 0) is 32.9 Å². The van der Waals surface area contributed by atoms with Gasteiger partial charge in [-0.3, -0.25) is 14.8 Å². The number of hydrogen-bond acceptors (Lipinski definition) is 5. The molecule has 0 saturated carbocycles. The maximum atomic E-state index is 12.1. The lowest BCUT2D eigenvalue weighted by Crippen LogP contribution is -2.45. The molecule has 0 aliphatic rings. The molecule has 3 atom stereocenters. The van der Waals surface area contributed by atoms with Crippen molar-refractivity contribution < 1.29 is 4.79 Å². The monoisotopic (exact) mass is 288 g/mol. The number of carbonyl (C=O) groups excluding carboxylic acids is 1. The van der Waals surface area contributed by atoms with Gasteiger partial charge in [-0.25, -0.2) is 9.97 Å². The highest BCUT2D eigenvalue weighted by Gasteiger charge is 2.20. The fraction of sp³-hybridized carbons (Fsp3) is 0.429. The molecule has 2 heterocycles. The third-order valence-electron chi connectivity index (χ3n) is 3.37. The van der Waals surface area contributed by atoms with Gasteiger partial charge in [-0.1, -0.05) is 0 Å². The predicted molar refractivity (Wildman–Crippen MR) is 79.7 cm³/mol. The quantitative estimate of drug-likeness (QED) is 0.835. The van der Waals surface area contributed by atoms with Crippen LogP contribution in [0.2, 0.25) is 0 Å². The Hall–Kier alpha value is -2.28. The second-order valence-corrected chi connectivity index (χ2v) is 4.97. The summed E-state index contributed by atoms with van der Waals surface area (Å²) in [6.45, 7) is 5.88. The maximum Gasteiger partial charge on any atom is 0.243 e. The Balaban J connectivity index is 1.88. The standard InChI is InChI=1S/C14H20N6O/c1-10(12(3)20-9-5-8-17-20)18-11(2)13(21)19-14-15-6-4-7-16-14/h4-12,18H,1-3H3,(H,15,16,19,21). The highest BCUT2D eigenvalue weighted by molar-refractivity contribution is 5.93.